The zero-order valence-corrected chi connectivity index (χ0v) is 16.6. The molecule has 2 heterocycles. The van der Waals surface area contributed by atoms with Crippen molar-refractivity contribution >= 4 is 51.9 Å². The number of hydrogen-bond acceptors (Lipinski definition) is 5. The van der Waals surface area contributed by atoms with E-state index in [1.807, 2.05) is 48.5 Å². The summed E-state index contributed by atoms with van der Waals surface area (Å²) in [5.74, 6) is 0.549. The van der Waals surface area contributed by atoms with Crippen LogP contribution in [0.15, 0.2) is 53.4 Å². The van der Waals surface area contributed by atoms with Crippen LogP contribution in [0.2, 0.25) is 0 Å². The second kappa shape index (κ2) is 8.16. The molecule has 0 aromatic heterocycles. The molecule has 2 aromatic rings. The van der Waals surface area contributed by atoms with Crippen LogP contribution in [-0.2, 0) is 16.0 Å². The molecule has 2 aromatic carbocycles. The van der Waals surface area contributed by atoms with Crippen LogP contribution >= 0.6 is 24.0 Å². The highest BCUT2D eigenvalue weighted by Gasteiger charge is 2.25. The number of thioether (sulfide) groups is 1. The van der Waals surface area contributed by atoms with E-state index in [4.69, 9.17) is 17.0 Å². The van der Waals surface area contributed by atoms with E-state index in [-0.39, 0.29) is 11.8 Å². The van der Waals surface area contributed by atoms with E-state index in [0.29, 0.717) is 41.0 Å². The maximum absolute atomic E-state index is 12.9. The smallest absolute Gasteiger partial charge is 0.263 e. The van der Waals surface area contributed by atoms with E-state index in [1.54, 1.807) is 11.0 Å². The Labute approximate surface area is 172 Å². The quantitative estimate of drug-likeness (QED) is 0.617. The highest BCUT2D eigenvalue weighted by molar-refractivity contribution is 8.26. The number of rotatable bonds is 4. The van der Waals surface area contributed by atoms with Gasteiger partial charge in [0, 0.05) is 6.42 Å². The summed E-state index contributed by atoms with van der Waals surface area (Å²) in [7, 11) is 0. The highest BCUT2D eigenvalue weighted by Crippen LogP contribution is 2.35. The molecule has 4 rings (SSSR count). The molecular weight excluding hydrogens is 392 g/mol. The van der Waals surface area contributed by atoms with Gasteiger partial charge in [-0.1, -0.05) is 60.4 Å². The van der Waals surface area contributed by atoms with Crippen molar-refractivity contribution in [1.82, 2.24) is 5.32 Å². The van der Waals surface area contributed by atoms with Crippen LogP contribution in [0.1, 0.15) is 17.5 Å². The normalized spacial score (nSPS) is 17.3. The van der Waals surface area contributed by atoms with E-state index in [2.05, 4.69) is 5.32 Å². The van der Waals surface area contributed by atoms with Crippen molar-refractivity contribution in [2.75, 3.05) is 18.1 Å². The SMILES string of the molecule is O=C1NC(=S)SC1=Cc1ccc2c(c1)N(C(=O)CCc1ccccc1)CCO2. The Bertz CT molecular complexity index is 973. The molecule has 2 amide bonds. The van der Waals surface area contributed by atoms with Gasteiger partial charge < -0.3 is 15.0 Å². The predicted octanol–water partition coefficient (Wildman–Crippen LogP) is 3.53. The second-order valence-electron chi connectivity index (χ2n) is 6.46. The number of anilines is 1. The summed E-state index contributed by atoms with van der Waals surface area (Å²) in [5.41, 5.74) is 2.71. The van der Waals surface area contributed by atoms with Gasteiger partial charge in [-0.05, 0) is 35.8 Å². The molecule has 1 saturated heterocycles. The Kier molecular flexibility index (Phi) is 5.45. The summed E-state index contributed by atoms with van der Waals surface area (Å²) in [6.07, 6.45) is 2.91. The maximum Gasteiger partial charge on any atom is 0.263 e. The van der Waals surface area contributed by atoms with Crippen LogP contribution in [0.25, 0.3) is 6.08 Å². The monoisotopic (exact) mass is 410 g/mol. The molecular formula is C21H18N2O3S2. The van der Waals surface area contributed by atoms with Crippen molar-refractivity contribution in [2.24, 2.45) is 0 Å². The summed E-state index contributed by atoms with van der Waals surface area (Å²) < 4.78 is 6.16. The van der Waals surface area contributed by atoms with Crippen LogP contribution in [0.4, 0.5) is 5.69 Å². The molecule has 5 nitrogen and oxygen atoms in total. The van der Waals surface area contributed by atoms with Crippen LogP contribution in [0, 0.1) is 0 Å². The van der Waals surface area contributed by atoms with Gasteiger partial charge in [-0.3, -0.25) is 9.59 Å². The fraction of sp³-hybridized carbons (Fsp3) is 0.190. The van der Waals surface area contributed by atoms with Crippen molar-refractivity contribution in [3.63, 3.8) is 0 Å². The predicted molar refractivity (Wildman–Crippen MR) is 115 cm³/mol. The van der Waals surface area contributed by atoms with Gasteiger partial charge in [0.1, 0.15) is 16.7 Å². The minimum atomic E-state index is -0.195. The van der Waals surface area contributed by atoms with E-state index < -0.39 is 0 Å². The lowest BCUT2D eigenvalue weighted by molar-refractivity contribution is -0.119. The summed E-state index contributed by atoms with van der Waals surface area (Å²) in [5, 5.41) is 2.61. The first kappa shape index (κ1) is 18.7. The lowest BCUT2D eigenvalue weighted by atomic mass is 10.1. The number of nitrogens with one attached hydrogen (secondary N) is 1. The highest BCUT2D eigenvalue weighted by atomic mass is 32.2. The number of nitrogens with zero attached hydrogens (tertiary/aromatic N) is 1. The van der Waals surface area contributed by atoms with Gasteiger partial charge in [0.05, 0.1) is 17.1 Å². The minimum absolute atomic E-state index is 0.0624. The third kappa shape index (κ3) is 4.10. The summed E-state index contributed by atoms with van der Waals surface area (Å²) in [4.78, 5) is 27.1. The molecule has 0 saturated carbocycles. The van der Waals surface area contributed by atoms with Gasteiger partial charge in [0.25, 0.3) is 5.91 Å². The summed E-state index contributed by atoms with van der Waals surface area (Å²) in [6.45, 7) is 0.983. The lowest BCUT2D eigenvalue weighted by Crippen LogP contribution is -2.38. The molecule has 7 heteroatoms. The van der Waals surface area contributed by atoms with E-state index in [9.17, 15) is 9.59 Å². The molecule has 0 atom stereocenters. The van der Waals surface area contributed by atoms with Gasteiger partial charge >= 0.3 is 0 Å². The van der Waals surface area contributed by atoms with Gasteiger partial charge in [0.2, 0.25) is 5.91 Å². The first-order chi connectivity index (χ1) is 13.6. The molecule has 2 aliphatic heterocycles. The molecule has 1 fully saturated rings. The molecule has 0 spiro atoms. The number of carbonyl (C=O) groups is 2. The first-order valence-corrected chi connectivity index (χ1v) is 10.2. The van der Waals surface area contributed by atoms with Crippen LogP contribution < -0.4 is 15.0 Å². The average molecular weight is 411 g/mol. The van der Waals surface area contributed by atoms with Gasteiger partial charge in [0.15, 0.2) is 0 Å². The largest absolute Gasteiger partial charge is 0.490 e. The van der Waals surface area contributed by atoms with E-state index in [1.165, 1.54) is 11.8 Å². The third-order valence-corrected chi connectivity index (χ3v) is 5.72. The van der Waals surface area contributed by atoms with Crippen molar-refractivity contribution in [1.29, 1.82) is 0 Å². The molecule has 0 radical (unpaired) electrons. The van der Waals surface area contributed by atoms with Crippen molar-refractivity contribution < 1.29 is 14.3 Å². The fourth-order valence-corrected chi connectivity index (χ4v) is 4.23. The van der Waals surface area contributed by atoms with Crippen molar-refractivity contribution in [2.45, 2.75) is 12.8 Å². The minimum Gasteiger partial charge on any atom is -0.490 e. The Morgan fingerprint density at radius 3 is 2.82 bits per heavy atom. The Balaban J connectivity index is 1.54. The Hall–Kier alpha value is -2.64. The van der Waals surface area contributed by atoms with E-state index in [0.717, 1.165) is 16.8 Å². The van der Waals surface area contributed by atoms with Gasteiger partial charge in [-0.2, -0.15) is 0 Å². The number of carbonyl (C=O) groups excluding carboxylic acids is 2. The lowest BCUT2D eigenvalue weighted by Gasteiger charge is -2.30. The molecule has 28 heavy (non-hydrogen) atoms. The summed E-state index contributed by atoms with van der Waals surface area (Å²) >= 11 is 6.27. The Morgan fingerprint density at radius 1 is 1.25 bits per heavy atom. The fourth-order valence-electron chi connectivity index (χ4n) is 3.19. The average Bonchev–Trinajstić information content (AvgIpc) is 3.03. The molecule has 2 aliphatic rings. The first-order valence-electron chi connectivity index (χ1n) is 8.96. The molecule has 0 aliphatic carbocycles. The number of ether oxygens (including phenoxy) is 1. The van der Waals surface area contributed by atoms with Crippen molar-refractivity contribution in [3.8, 4) is 5.75 Å². The topological polar surface area (TPSA) is 58.6 Å². The standard InChI is InChI=1S/C21H18N2O3S2/c24-19(9-7-14-4-2-1-3-5-14)23-10-11-26-17-8-6-15(12-16(17)23)13-18-20(25)22-21(27)28-18/h1-6,8,12-13H,7,9-11H2,(H,22,25,27). The molecule has 1 N–H and O–H groups in total. The molecule has 142 valence electrons. The Morgan fingerprint density at radius 2 is 2.07 bits per heavy atom. The number of aryl methyl sites for hydroxylation is 1. The number of thiocarbonyl (C=S) groups is 1. The molecule has 0 unspecified atom stereocenters. The number of hydrogen-bond donors (Lipinski definition) is 1. The summed E-state index contributed by atoms with van der Waals surface area (Å²) in [6, 6.07) is 15.6. The van der Waals surface area contributed by atoms with E-state index >= 15 is 0 Å². The van der Waals surface area contributed by atoms with Crippen LogP contribution in [0.3, 0.4) is 0 Å². The maximum atomic E-state index is 12.9. The van der Waals surface area contributed by atoms with Crippen LogP contribution in [-0.4, -0.2) is 29.3 Å². The third-order valence-electron chi connectivity index (χ3n) is 4.56. The number of fused-ring (bicyclic) bond motifs is 1. The molecule has 0 bridgehead atoms. The number of amides is 2. The van der Waals surface area contributed by atoms with Gasteiger partial charge in [-0.15, -0.1) is 0 Å². The van der Waals surface area contributed by atoms with Crippen molar-refractivity contribution in [3.05, 3.63) is 64.6 Å². The second-order valence-corrected chi connectivity index (χ2v) is 8.18. The number of benzene rings is 2. The zero-order chi connectivity index (χ0) is 19.5. The van der Waals surface area contributed by atoms with Crippen LogP contribution in [0.5, 0.6) is 5.75 Å². The zero-order valence-electron chi connectivity index (χ0n) is 15.0. The van der Waals surface area contributed by atoms with Gasteiger partial charge in [-0.25, -0.2) is 0 Å².